The first kappa shape index (κ1) is 30.6. The van der Waals surface area contributed by atoms with Gasteiger partial charge in [0.15, 0.2) is 23.0 Å². The van der Waals surface area contributed by atoms with Gasteiger partial charge in [0.25, 0.3) is 0 Å². The number of nitrogens with zero attached hydrogens (tertiary/aromatic N) is 1. The number of rotatable bonds is 11. The minimum atomic E-state index is -1.23. The smallest absolute Gasteiger partial charge is 0.247 e. The number of carbonyl (C=O) groups is 3. The van der Waals surface area contributed by atoms with Crippen molar-refractivity contribution < 1.29 is 43.5 Å². The van der Waals surface area contributed by atoms with Crippen molar-refractivity contribution in [1.82, 2.24) is 10.2 Å². The van der Waals surface area contributed by atoms with E-state index in [9.17, 15) is 24.6 Å². The van der Waals surface area contributed by atoms with Crippen molar-refractivity contribution in [2.75, 3.05) is 27.1 Å². The predicted molar refractivity (Wildman–Crippen MR) is 156 cm³/mol. The van der Waals surface area contributed by atoms with Gasteiger partial charge in [0.05, 0.1) is 23.3 Å². The molecule has 0 fully saturated rings. The zero-order valence-corrected chi connectivity index (χ0v) is 25.1. The van der Waals surface area contributed by atoms with E-state index in [-0.39, 0.29) is 50.3 Å². The van der Waals surface area contributed by atoms with E-state index in [1.807, 2.05) is 28.7 Å². The fourth-order valence-corrected chi connectivity index (χ4v) is 5.52. The number of nitrogens with one attached hydrogen (secondary N) is 1. The number of carbonyl (C=O) groups excluding carboxylic acids is 3. The van der Waals surface area contributed by atoms with Crippen LogP contribution >= 0.6 is 22.6 Å². The molecule has 3 unspecified atom stereocenters. The third kappa shape index (κ3) is 6.93. The number of methoxy groups -OCH3 is 1. The lowest BCUT2D eigenvalue weighted by Crippen LogP contribution is -2.55. The zero-order chi connectivity index (χ0) is 29.7. The molecule has 0 aromatic heterocycles. The largest absolute Gasteiger partial charge is 0.493 e. The molecule has 3 N–H and O–H groups in total. The molecule has 2 aromatic carbocycles. The molecule has 12 heteroatoms. The molecule has 1 aliphatic carbocycles. The Labute approximate surface area is 251 Å². The van der Waals surface area contributed by atoms with Gasteiger partial charge in [0.2, 0.25) is 18.6 Å². The van der Waals surface area contributed by atoms with Crippen molar-refractivity contribution in [3.05, 3.63) is 56.7 Å². The first-order valence-corrected chi connectivity index (χ1v) is 14.2. The average Bonchev–Trinajstić information content (AvgIpc) is 3.44. The predicted octanol–water partition coefficient (Wildman–Crippen LogP) is 2.44. The highest BCUT2D eigenvalue weighted by atomic mass is 127. The van der Waals surface area contributed by atoms with Crippen LogP contribution in [0.25, 0.3) is 0 Å². The Bertz CT molecular complexity index is 1330. The summed E-state index contributed by atoms with van der Waals surface area (Å²) in [4.78, 5) is 39.6. The number of aldehydes is 1. The molecule has 11 nitrogen and oxygen atoms in total. The van der Waals surface area contributed by atoms with E-state index in [2.05, 4.69) is 5.32 Å². The van der Waals surface area contributed by atoms with Gasteiger partial charge in [-0.25, -0.2) is 0 Å². The molecule has 1 aliphatic heterocycles. The van der Waals surface area contributed by atoms with Gasteiger partial charge in [-0.2, -0.15) is 0 Å². The molecule has 0 saturated carbocycles. The van der Waals surface area contributed by atoms with Crippen molar-refractivity contribution in [2.24, 2.45) is 5.92 Å². The van der Waals surface area contributed by atoms with Gasteiger partial charge in [-0.1, -0.05) is 19.9 Å². The molecule has 2 aromatic rings. The number of aliphatic hydroxyl groups is 2. The quantitative estimate of drug-likeness (QED) is 0.241. The molecule has 1 heterocycles. The van der Waals surface area contributed by atoms with Crippen molar-refractivity contribution in [3.8, 4) is 23.0 Å². The number of halogens is 1. The van der Waals surface area contributed by atoms with E-state index >= 15 is 0 Å². The van der Waals surface area contributed by atoms with Gasteiger partial charge in [0, 0.05) is 36.6 Å². The summed E-state index contributed by atoms with van der Waals surface area (Å²) in [5.41, 5.74) is 1.44. The van der Waals surface area contributed by atoms with Crippen LogP contribution in [-0.4, -0.2) is 78.5 Å². The molecule has 4 rings (SSSR count). The fraction of sp³-hybridized carbons (Fsp3) is 0.414. The van der Waals surface area contributed by atoms with Gasteiger partial charge in [-0.05, 0) is 58.5 Å². The molecule has 0 spiro atoms. The summed E-state index contributed by atoms with van der Waals surface area (Å²) >= 11 is 2.01. The molecule has 3 atom stereocenters. The summed E-state index contributed by atoms with van der Waals surface area (Å²) in [6, 6.07) is 7.68. The Morgan fingerprint density at radius 3 is 2.66 bits per heavy atom. The van der Waals surface area contributed by atoms with Crippen LogP contribution in [-0.2, 0) is 16.1 Å². The summed E-state index contributed by atoms with van der Waals surface area (Å²) in [5.74, 6) is 0.680. The van der Waals surface area contributed by atoms with E-state index < -0.39 is 30.1 Å². The Balaban J connectivity index is 1.72. The number of amides is 2. The third-order valence-electron chi connectivity index (χ3n) is 6.82. The maximum Gasteiger partial charge on any atom is 0.247 e. The topological polar surface area (TPSA) is 144 Å². The summed E-state index contributed by atoms with van der Waals surface area (Å²) < 4.78 is 23.2. The second-order valence-corrected chi connectivity index (χ2v) is 11.1. The standard InChI is InChI=1S/C29H33IN2O9/c1-16(2)29(37)32(13-17-4-5-22-23(9-17)40-15-39-22)21-11-19(28(36)31-6-7-33)12-24(26(21)35)41-27-20(30)8-18(14-34)10-25(27)38-3/h4-5,8-10,12,14,16,21,24,26,33,35H,6-7,11,13,15H2,1-3H3,(H,31,36). The number of hydrogen-bond acceptors (Lipinski definition) is 9. The number of fused-ring (bicyclic) bond motifs is 1. The van der Waals surface area contributed by atoms with Crippen LogP contribution < -0.4 is 24.3 Å². The highest BCUT2D eigenvalue weighted by molar-refractivity contribution is 14.1. The fourth-order valence-electron chi connectivity index (χ4n) is 4.76. The lowest BCUT2D eigenvalue weighted by Gasteiger charge is -2.41. The van der Waals surface area contributed by atoms with Crippen LogP contribution in [0.4, 0.5) is 0 Å². The van der Waals surface area contributed by atoms with Gasteiger partial charge in [0.1, 0.15) is 18.5 Å². The second-order valence-electron chi connectivity index (χ2n) is 9.98. The molecule has 41 heavy (non-hydrogen) atoms. The van der Waals surface area contributed by atoms with Crippen LogP contribution in [0.15, 0.2) is 42.0 Å². The SMILES string of the molecule is COc1cc(C=O)cc(I)c1OC1C=C(C(=O)NCCO)CC(N(Cc2ccc3c(c2)OCO3)C(=O)C(C)C)C1O. The van der Waals surface area contributed by atoms with Crippen LogP contribution in [0, 0.1) is 9.49 Å². The molecule has 0 radical (unpaired) electrons. The monoisotopic (exact) mass is 680 g/mol. The van der Waals surface area contributed by atoms with E-state index in [0.29, 0.717) is 32.5 Å². The number of hydrogen-bond donors (Lipinski definition) is 3. The van der Waals surface area contributed by atoms with Crippen LogP contribution in [0.3, 0.4) is 0 Å². The Morgan fingerprint density at radius 2 is 1.98 bits per heavy atom. The highest BCUT2D eigenvalue weighted by Crippen LogP contribution is 2.38. The summed E-state index contributed by atoms with van der Waals surface area (Å²) in [6.07, 6.45) is -0.00998. The Hall–Kier alpha value is -3.36. The van der Waals surface area contributed by atoms with Crippen molar-refractivity contribution in [3.63, 3.8) is 0 Å². The maximum atomic E-state index is 13.6. The Morgan fingerprint density at radius 1 is 1.22 bits per heavy atom. The van der Waals surface area contributed by atoms with E-state index in [1.54, 1.807) is 36.9 Å². The summed E-state index contributed by atoms with van der Waals surface area (Å²) in [7, 11) is 1.44. The highest BCUT2D eigenvalue weighted by Gasteiger charge is 2.41. The lowest BCUT2D eigenvalue weighted by atomic mass is 9.87. The number of ether oxygens (including phenoxy) is 4. The molecule has 2 amide bonds. The van der Waals surface area contributed by atoms with Gasteiger partial charge < -0.3 is 39.4 Å². The normalized spacial score (nSPS) is 19.4. The molecule has 0 bridgehead atoms. The molecule has 2 aliphatic rings. The minimum Gasteiger partial charge on any atom is -0.493 e. The maximum absolute atomic E-state index is 13.6. The van der Waals surface area contributed by atoms with E-state index in [4.69, 9.17) is 18.9 Å². The molecule has 220 valence electrons. The van der Waals surface area contributed by atoms with Gasteiger partial charge in [-0.15, -0.1) is 0 Å². The van der Waals surface area contributed by atoms with Crippen LogP contribution in [0.2, 0.25) is 0 Å². The summed E-state index contributed by atoms with van der Waals surface area (Å²) in [6.45, 7) is 3.59. The van der Waals surface area contributed by atoms with E-state index in [0.717, 1.165) is 5.56 Å². The number of aliphatic hydroxyl groups excluding tert-OH is 2. The molecule has 0 saturated heterocycles. The molecular formula is C29H33IN2O9. The van der Waals surface area contributed by atoms with Gasteiger partial charge >= 0.3 is 0 Å². The first-order chi connectivity index (χ1) is 19.7. The number of benzene rings is 2. The van der Waals surface area contributed by atoms with Gasteiger partial charge in [-0.3, -0.25) is 14.4 Å². The van der Waals surface area contributed by atoms with Crippen LogP contribution in [0.1, 0.15) is 36.2 Å². The summed E-state index contributed by atoms with van der Waals surface area (Å²) in [5, 5.41) is 23.5. The lowest BCUT2D eigenvalue weighted by molar-refractivity contribution is -0.142. The van der Waals surface area contributed by atoms with E-state index in [1.165, 1.54) is 19.3 Å². The van der Waals surface area contributed by atoms with Crippen molar-refractivity contribution in [1.29, 1.82) is 0 Å². The average molecular weight is 680 g/mol. The minimum absolute atomic E-state index is 0.0413. The molecular weight excluding hydrogens is 647 g/mol. The first-order valence-electron chi connectivity index (χ1n) is 13.1. The Kier molecular flexibility index (Phi) is 10.1. The van der Waals surface area contributed by atoms with Crippen molar-refractivity contribution >= 4 is 40.7 Å². The zero-order valence-electron chi connectivity index (χ0n) is 23.0. The van der Waals surface area contributed by atoms with Crippen molar-refractivity contribution in [2.45, 2.75) is 45.1 Å². The second kappa shape index (κ2) is 13.5. The van der Waals surface area contributed by atoms with Crippen LogP contribution in [0.5, 0.6) is 23.0 Å². The third-order valence-corrected chi connectivity index (χ3v) is 7.62.